The van der Waals surface area contributed by atoms with Crippen molar-refractivity contribution in [2.24, 2.45) is 52.3 Å². The van der Waals surface area contributed by atoms with Gasteiger partial charge in [-0.05, 0) is 105 Å². The van der Waals surface area contributed by atoms with Crippen LogP contribution in [0.2, 0.25) is 0 Å². The van der Waals surface area contributed by atoms with Crippen molar-refractivity contribution in [3.05, 3.63) is 0 Å². The average molecular weight is 740 g/mol. The molecule has 8 aliphatic rings. The lowest BCUT2D eigenvalue weighted by atomic mass is 9.44. The summed E-state index contributed by atoms with van der Waals surface area (Å²) in [5, 5.41) is 78.9. The Morgan fingerprint density at radius 3 is 2.17 bits per heavy atom. The molecule has 0 amide bonds. The van der Waals surface area contributed by atoms with Gasteiger partial charge in [-0.2, -0.15) is 0 Å². The van der Waals surface area contributed by atoms with Gasteiger partial charge in [0.05, 0.1) is 31.0 Å². The number of rotatable bonds is 5. The molecule has 8 N–H and O–H groups in total. The van der Waals surface area contributed by atoms with Gasteiger partial charge in [0.2, 0.25) is 0 Å². The largest absolute Gasteiger partial charge is 0.394 e. The molecule has 52 heavy (non-hydrogen) atoms. The Labute approximate surface area is 307 Å². The number of aliphatic hydroxyl groups excluding tert-OH is 7. The van der Waals surface area contributed by atoms with Crippen LogP contribution in [0.25, 0.3) is 0 Å². The Morgan fingerprint density at radius 1 is 0.712 bits per heavy atom. The quantitative estimate of drug-likeness (QED) is 0.186. The second-order valence-corrected chi connectivity index (χ2v) is 18.9. The van der Waals surface area contributed by atoms with Crippen molar-refractivity contribution in [1.29, 1.82) is 0 Å². The molecule has 8 fully saturated rings. The smallest absolute Gasteiger partial charge is 0.187 e. The number of fused-ring (bicyclic) bond motifs is 7. The van der Waals surface area contributed by atoms with E-state index in [2.05, 4.69) is 33.0 Å². The molecule has 4 aliphatic heterocycles. The predicted octanol–water partition coefficient (Wildman–Crippen LogP) is 1.01. The fraction of sp³-hybridized carbons (Fsp3) is 1.00. The maximum atomic E-state index is 12.2. The first kappa shape index (κ1) is 38.4. The summed E-state index contributed by atoms with van der Waals surface area (Å²) in [7, 11) is 0. The van der Waals surface area contributed by atoms with Crippen molar-refractivity contribution in [1.82, 2.24) is 5.32 Å². The van der Waals surface area contributed by atoms with Gasteiger partial charge in [-0.3, -0.25) is 5.32 Å². The van der Waals surface area contributed by atoms with Gasteiger partial charge in [0.1, 0.15) is 48.5 Å². The zero-order chi connectivity index (χ0) is 37.1. The first-order valence-electron chi connectivity index (χ1n) is 20.4. The van der Waals surface area contributed by atoms with Crippen LogP contribution in [0.15, 0.2) is 0 Å². The first-order valence-corrected chi connectivity index (χ1v) is 20.4. The van der Waals surface area contributed by atoms with Crippen molar-refractivity contribution < 1.29 is 59.4 Å². The summed E-state index contributed by atoms with van der Waals surface area (Å²) in [5.41, 5.74) is -0.208. The van der Waals surface area contributed by atoms with E-state index in [0.29, 0.717) is 35.5 Å². The average Bonchev–Trinajstić information content (AvgIpc) is 3.53. The monoisotopic (exact) mass is 739 g/mol. The van der Waals surface area contributed by atoms with Gasteiger partial charge in [-0.1, -0.05) is 27.7 Å². The zero-order valence-corrected chi connectivity index (χ0v) is 31.5. The number of ether oxygens (including phenoxy) is 5. The molecule has 0 radical (unpaired) electrons. The lowest BCUT2D eigenvalue weighted by Gasteiger charge is -2.61. The third-order valence-electron chi connectivity index (χ3n) is 16.4. The molecule has 0 unspecified atom stereocenters. The summed E-state index contributed by atoms with van der Waals surface area (Å²) in [4.78, 5) is 0. The Morgan fingerprint density at radius 2 is 1.46 bits per heavy atom. The van der Waals surface area contributed by atoms with E-state index in [1.807, 2.05) is 0 Å². The molecule has 0 aromatic rings. The number of hydrogen-bond acceptors (Lipinski definition) is 13. The molecule has 4 saturated heterocycles. The number of nitrogens with one attached hydrogen (secondary N) is 1. The number of piperidine rings is 1. The molecule has 23 atom stereocenters. The third kappa shape index (κ3) is 5.81. The highest BCUT2D eigenvalue weighted by atomic mass is 16.8. The van der Waals surface area contributed by atoms with Gasteiger partial charge in [0.15, 0.2) is 12.6 Å². The molecule has 13 heteroatoms. The van der Waals surface area contributed by atoms with Crippen LogP contribution in [0.1, 0.15) is 92.4 Å². The maximum absolute atomic E-state index is 12.2. The summed E-state index contributed by atoms with van der Waals surface area (Å²) in [5.74, 6) is 2.85. The van der Waals surface area contributed by atoms with Gasteiger partial charge in [0.25, 0.3) is 0 Å². The van der Waals surface area contributed by atoms with E-state index in [-0.39, 0.29) is 34.7 Å². The second kappa shape index (κ2) is 13.8. The molecule has 4 saturated carbocycles. The van der Waals surface area contributed by atoms with E-state index in [0.717, 1.165) is 64.3 Å². The highest BCUT2D eigenvalue weighted by molar-refractivity contribution is 5.19. The topological polar surface area (TPSA) is 200 Å². The molecule has 0 bridgehead atoms. The Hall–Kier alpha value is -0.520. The normalized spacial score (nSPS) is 60.5. The fourth-order valence-corrected chi connectivity index (χ4v) is 13.4. The SMILES string of the molecule is C[C@H]1CC[C@]2(NC1)O[C@@H]1[C@H](O)[C@@H]3[C@H]4CC[C@H]5C[C@@H](O[C@@H]6O[C@@H](CO)[C@H](O)[C@H](O)[C@H]6O[C@@H]6O[C@@H](C)[C@H](O)[C@@H](O)[C@@H]6O)CC[C@]5(C)[C@@H]4CC[C@]3(C)[C@@H]1[C@H]2C. The van der Waals surface area contributed by atoms with Crippen LogP contribution in [0, 0.1) is 52.3 Å². The highest BCUT2D eigenvalue weighted by Gasteiger charge is 2.72. The minimum absolute atomic E-state index is 0.0337. The molecule has 0 aromatic heterocycles. The molecule has 4 aliphatic carbocycles. The van der Waals surface area contributed by atoms with Gasteiger partial charge in [-0.15, -0.1) is 0 Å². The Balaban J connectivity index is 0.956. The van der Waals surface area contributed by atoms with E-state index < -0.39 is 74.1 Å². The minimum atomic E-state index is -1.61. The number of aliphatic hydroxyl groups is 7. The lowest BCUT2D eigenvalue weighted by molar-refractivity contribution is -0.371. The van der Waals surface area contributed by atoms with Gasteiger partial charge >= 0.3 is 0 Å². The van der Waals surface area contributed by atoms with E-state index >= 15 is 0 Å². The van der Waals surface area contributed by atoms with E-state index in [1.165, 1.54) is 6.92 Å². The summed E-state index contributed by atoms with van der Waals surface area (Å²) in [6.07, 6.45) is -5.28. The van der Waals surface area contributed by atoms with Crippen molar-refractivity contribution in [3.8, 4) is 0 Å². The van der Waals surface area contributed by atoms with Crippen molar-refractivity contribution in [2.75, 3.05) is 13.2 Å². The van der Waals surface area contributed by atoms with Crippen LogP contribution in [0.3, 0.4) is 0 Å². The third-order valence-corrected chi connectivity index (χ3v) is 16.4. The van der Waals surface area contributed by atoms with Gasteiger partial charge < -0.3 is 59.4 Å². The van der Waals surface area contributed by atoms with Crippen LogP contribution in [-0.2, 0) is 23.7 Å². The fourth-order valence-electron chi connectivity index (χ4n) is 13.4. The van der Waals surface area contributed by atoms with E-state index in [4.69, 9.17) is 23.7 Å². The Kier molecular flexibility index (Phi) is 10.2. The molecular weight excluding hydrogens is 674 g/mol. The van der Waals surface area contributed by atoms with E-state index in [1.54, 1.807) is 0 Å². The van der Waals surface area contributed by atoms with Crippen LogP contribution in [0.5, 0.6) is 0 Å². The standard InChI is InChI=1S/C39H65NO12/c1-17-8-13-39(40-15-17)18(2)25-33(52-39)29(44)26-22-7-6-20-14-21(9-11-37(20,4)23(22)10-12-38(25,26)5)49-36-34(31(46)28(43)24(16-41)50-36)51-35-32(47)30(45)27(42)19(3)48-35/h17-36,40-47H,6-16H2,1-5H3/t17-,18+,19-,20-,21-,22-,23+,24-,25+,26-,27-,28-,29+,30+,31-,32-,33-,34+,35-,36+,37-,38+,39-/m0/s1. The second-order valence-electron chi connectivity index (χ2n) is 18.9. The molecule has 0 aromatic carbocycles. The van der Waals surface area contributed by atoms with Crippen LogP contribution in [-0.4, -0.2) is 134 Å². The van der Waals surface area contributed by atoms with Gasteiger partial charge in [-0.25, -0.2) is 0 Å². The summed E-state index contributed by atoms with van der Waals surface area (Å²) in [6, 6.07) is 0. The van der Waals surface area contributed by atoms with Crippen molar-refractivity contribution in [2.45, 2.75) is 178 Å². The molecule has 298 valence electrons. The molecule has 1 spiro atoms. The summed E-state index contributed by atoms with van der Waals surface area (Å²) in [6.45, 7) is 11.5. The molecule has 13 nitrogen and oxygen atoms in total. The van der Waals surface area contributed by atoms with Crippen molar-refractivity contribution in [3.63, 3.8) is 0 Å². The lowest BCUT2D eigenvalue weighted by Crippen LogP contribution is -2.64. The first-order chi connectivity index (χ1) is 24.6. The predicted molar refractivity (Wildman–Crippen MR) is 185 cm³/mol. The van der Waals surface area contributed by atoms with Crippen LogP contribution in [0.4, 0.5) is 0 Å². The van der Waals surface area contributed by atoms with Gasteiger partial charge in [0, 0.05) is 18.4 Å². The summed E-state index contributed by atoms with van der Waals surface area (Å²) < 4.78 is 31.1. The molecule has 8 rings (SSSR count). The summed E-state index contributed by atoms with van der Waals surface area (Å²) >= 11 is 0. The highest BCUT2D eigenvalue weighted by Crippen LogP contribution is 2.71. The Bertz CT molecular complexity index is 1290. The van der Waals surface area contributed by atoms with Crippen LogP contribution < -0.4 is 5.32 Å². The zero-order valence-electron chi connectivity index (χ0n) is 31.5. The minimum Gasteiger partial charge on any atom is -0.394 e. The van der Waals surface area contributed by atoms with E-state index in [9.17, 15) is 35.7 Å². The maximum Gasteiger partial charge on any atom is 0.187 e. The molecular formula is C39H65NO12. The van der Waals surface area contributed by atoms with Crippen molar-refractivity contribution >= 4 is 0 Å². The number of hydrogen-bond donors (Lipinski definition) is 8. The van der Waals surface area contributed by atoms with Crippen LogP contribution >= 0.6 is 0 Å². The molecule has 4 heterocycles.